The molecule has 0 aliphatic carbocycles. The van der Waals surface area contributed by atoms with Gasteiger partial charge in [-0.1, -0.05) is 6.07 Å². The minimum Gasteiger partial charge on any atom is -0.494 e. The average molecular weight is 333 g/mol. The van der Waals surface area contributed by atoms with Gasteiger partial charge in [-0.25, -0.2) is 4.39 Å². The van der Waals surface area contributed by atoms with Crippen LogP contribution < -0.4 is 15.4 Å². The van der Waals surface area contributed by atoms with Gasteiger partial charge in [0, 0.05) is 19.8 Å². The minimum absolute atomic E-state index is 0.0939. The normalized spacial score (nSPS) is 12.8. The predicted molar refractivity (Wildman–Crippen MR) is 92.8 cm³/mol. The number of nitrogens with zero attached hydrogens (tertiary/aromatic N) is 3. The van der Waals surface area contributed by atoms with Gasteiger partial charge in [-0.2, -0.15) is 5.10 Å². The van der Waals surface area contributed by atoms with Crippen LogP contribution in [0.15, 0.2) is 35.6 Å². The van der Waals surface area contributed by atoms with Gasteiger partial charge in [-0.15, -0.1) is 0 Å². The van der Waals surface area contributed by atoms with Gasteiger partial charge in [0.15, 0.2) is 17.5 Å². The van der Waals surface area contributed by atoms with Crippen LogP contribution in [0.1, 0.15) is 24.1 Å². The second kappa shape index (κ2) is 8.33. The van der Waals surface area contributed by atoms with Gasteiger partial charge >= 0.3 is 0 Å². The second-order valence-corrected chi connectivity index (χ2v) is 5.54. The van der Waals surface area contributed by atoms with Crippen molar-refractivity contribution in [2.45, 2.75) is 26.4 Å². The number of methoxy groups -OCH3 is 1. The zero-order valence-corrected chi connectivity index (χ0v) is 14.5. The van der Waals surface area contributed by atoms with Crippen molar-refractivity contribution in [2.75, 3.05) is 20.7 Å². The van der Waals surface area contributed by atoms with Gasteiger partial charge in [0.1, 0.15) is 0 Å². The summed E-state index contributed by atoms with van der Waals surface area (Å²) >= 11 is 0. The molecule has 1 atom stereocenters. The number of nitrogens with one attached hydrogen (secondary N) is 2. The highest BCUT2D eigenvalue weighted by atomic mass is 19.1. The van der Waals surface area contributed by atoms with E-state index >= 15 is 0 Å². The molecule has 0 aliphatic heterocycles. The smallest absolute Gasteiger partial charge is 0.191 e. The fourth-order valence-electron chi connectivity index (χ4n) is 2.31. The number of aromatic nitrogens is 2. The number of halogens is 1. The fraction of sp³-hybridized carbons (Fsp3) is 0.412. The highest BCUT2D eigenvalue weighted by molar-refractivity contribution is 5.80. The van der Waals surface area contributed by atoms with E-state index < -0.39 is 0 Å². The Bertz CT molecular complexity index is 698. The maximum absolute atomic E-state index is 13.8. The van der Waals surface area contributed by atoms with Crippen LogP contribution in [0.3, 0.4) is 0 Å². The van der Waals surface area contributed by atoms with E-state index in [0.717, 1.165) is 17.7 Å². The Morgan fingerprint density at radius 2 is 2.25 bits per heavy atom. The molecule has 0 aliphatic rings. The molecule has 2 N–H and O–H groups in total. The molecule has 130 valence electrons. The summed E-state index contributed by atoms with van der Waals surface area (Å²) in [7, 11) is 3.15. The van der Waals surface area contributed by atoms with Gasteiger partial charge in [-0.05, 0) is 37.1 Å². The lowest BCUT2D eigenvalue weighted by atomic mass is 10.1. The van der Waals surface area contributed by atoms with E-state index in [4.69, 9.17) is 4.74 Å². The average Bonchev–Trinajstić information content (AvgIpc) is 2.99. The van der Waals surface area contributed by atoms with Gasteiger partial charge in [0.25, 0.3) is 0 Å². The first-order valence-corrected chi connectivity index (χ1v) is 7.83. The van der Waals surface area contributed by atoms with Crippen molar-refractivity contribution < 1.29 is 9.13 Å². The number of aliphatic imine (C=N–C) groups is 1. The van der Waals surface area contributed by atoms with E-state index in [0.29, 0.717) is 12.5 Å². The number of rotatable bonds is 6. The van der Waals surface area contributed by atoms with Crippen LogP contribution in [0, 0.1) is 12.7 Å². The van der Waals surface area contributed by atoms with E-state index in [2.05, 4.69) is 20.7 Å². The van der Waals surface area contributed by atoms with Crippen molar-refractivity contribution in [3.05, 3.63) is 47.5 Å². The molecule has 2 rings (SSSR count). The Hall–Kier alpha value is -2.57. The van der Waals surface area contributed by atoms with E-state index in [9.17, 15) is 4.39 Å². The molecule has 0 radical (unpaired) electrons. The van der Waals surface area contributed by atoms with Gasteiger partial charge in [-0.3, -0.25) is 9.67 Å². The third-order valence-electron chi connectivity index (χ3n) is 3.65. The third kappa shape index (κ3) is 4.71. The van der Waals surface area contributed by atoms with E-state index in [-0.39, 0.29) is 17.6 Å². The van der Waals surface area contributed by atoms with Crippen molar-refractivity contribution in [3.8, 4) is 5.75 Å². The molecule has 0 spiro atoms. The van der Waals surface area contributed by atoms with Crippen LogP contribution in [0.4, 0.5) is 4.39 Å². The molecule has 1 aromatic heterocycles. The summed E-state index contributed by atoms with van der Waals surface area (Å²) in [6, 6.07) is 4.83. The molecule has 1 unspecified atom stereocenters. The van der Waals surface area contributed by atoms with Crippen LogP contribution in [0.25, 0.3) is 0 Å². The summed E-state index contributed by atoms with van der Waals surface area (Å²) in [5.41, 5.74) is 1.95. The van der Waals surface area contributed by atoms with E-state index in [1.807, 2.05) is 37.0 Å². The molecule has 7 heteroatoms. The fourth-order valence-corrected chi connectivity index (χ4v) is 2.31. The first-order valence-electron chi connectivity index (χ1n) is 7.83. The Morgan fingerprint density at radius 1 is 1.46 bits per heavy atom. The molecule has 1 heterocycles. The monoisotopic (exact) mass is 333 g/mol. The van der Waals surface area contributed by atoms with Gasteiger partial charge in [0.05, 0.1) is 25.9 Å². The lowest BCUT2D eigenvalue weighted by molar-refractivity contribution is 0.386. The SMILES string of the molecule is CN=C(NCCn1cc(C)cn1)NC(C)c1ccc(OC)c(F)c1. The van der Waals surface area contributed by atoms with Gasteiger partial charge < -0.3 is 15.4 Å². The summed E-state index contributed by atoms with van der Waals surface area (Å²) in [6.07, 6.45) is 3.81. The molecule has 0 saturated heterocycles. The van der Waals surface area contributed by atoms with E-state index in [1.54, 1.807) is 13.1 Å². The second-order valence-electron chi connectivity index (χ2n) is 5.54. The van der Waals surface area contributed by atoms with Crippen LogP contribution >= 0.6 is 0 Å². The Morgan fingerprint density at radius 3 is 2.83 bits per heavy atom. The van der Waals surface area contributed by atoms with Crippen LogP contribution in [0.5, 0.6) is 5.75 Å². The van der Waals surface area contributed by atoms with Crippen LogP contribution in [-0.2, 0) is 6.54 Å². The summed E-state index contributed by atoms with van der Waals surface area (Å²) in [6.45, 7) is 5.38. The number of hydrogen-bond acceptors (Lipinski definition) is 3. The molecule has 0 bridgehead atoms. The number of guanidine groups is 1. The zero-order chi connectivity index (χ0) is 17.5. The molecule has 1 aromatic carbocycles. The molecular weight excluding hydrogens is 309 g/mol. The van der Waals surface area contributed by atoms with Crippen LogP contribution in [0.2, 0.25) is 0 Å². The predicted octanol–water partition coefficient (Wildman–Crippen LogP) is 2.27. The number of ether oxygens (including phenoxy) is 1. The lowest BCUT2D eigenvalue weighted by Crippen LogP contribution is -2.40. The first-order chi connectivity index (χ1) is 11.5. The third-order valence-corrected chi connectivity index (χ3v) is 3.65. The molecule has 2 aromatic rings. The molecular formula is C17H24FN5O. The molecule has 24 heavy (non-hydrogen) atoms. The highest BCUT2D eigenvalue weighted by Gasteiger charge is 2.11. The van der Waals surface area contributed by atoms with Gasteiger partial charge in [0.2, 0.25) is 0 Å². The largest absolute Gasteiger partial charge is 0.494 e. The maximum Gasteiger partial charge on any atom is 0.191 e. The van der Waals surface area contributed by atoms with E-state index in [1.165, 1.54) is 13.2 Å². The van der Waals surface area contributed by atoms with Crippen molar-refractivity contribution in [2.24, 2.45) is 4.99 Å². The van der Waals surface area contributed by atoms with Crippen molar-refractivity contribution >= 4 is 5.96 Å². The maximum atomic E-state index is 13.8. The quantitative estimate of drug-likeness (QED) is 0.629. The Labute approximate surface area is 141 Å². The van der Waals surface area contributed by atoms with Crippen molar-refractivity contribution in [3.63, 3.8) is 0 Å². The molecule has 0 saturated carbocycles. The Balaban J connectivity index is 1.88. The standard InChI is InChI=1S/C17H24FN5O/c1-12-10-21-23(11-12)8-7-20-17(19-3)22-13(2)14-5-6-16(24-4)15(18)9-14/h5-6,9-11,13H,7-8H2,1-4H3,(H2,19,20,22). The summed E-state index contributed by atoms with van der Waals surface area (Å²) in [5, 5.41) is 10.7. The molecule has 6 nitrogen and oxygen atoms in total. The highest BCUT2D eigenvalue weighted by Crippen LogP contribution is 2.21. The lowest BCUT2D eigenvalue weighted by Gasteiger charge is -2.18. The Kier molecular flexibility index (Phi) is 6.17. The van der Waals surface area contributed by atoms with Crippen LogP contribution in [-0.4, -0.2) is 36.4 Å². The molecule has 0 amide bonds. The summed E-state index contributed by atoms with van der Waals surface area (Å²) in [4.78, 5) is 4.19. The molecule has 0 fully saturated rings. The first kappa shape index (κ1) is 17.8. The summed E-state index contributed by atoms with van der Waals surface area (Å²) < 4.78 is 20.6. The van der Waals surface area contributed by atoms with Crippen molar-refractivity contribution in [1.29, 1.82) is 0 Å². The summed E-state index contributed by atoms with van der Waals surface area (Å²) in [5.74, 6) is 0.520. The number of aryl methyl sites for hydroxylation is 1. The number of benzene rings is 1. The van der Waals surface area contributed by atoms with Crippen molar-refractivity contribution in [1.82, 2.24) is 20.4 Å². The zero-order valence-electron chi connectivity index (χ0n) is 14.5. The topological polar surface area (TPSA) is 63.5 Å². The minimum atomic E-state index is -0.374. The number of hydrogen-bond donors (Lipinski definition) is 2.